The topological polar surface area (TPSA) is 77.3 Å². The first kappa shape index (κ1) is 37.6. The number of hydrogen-bond acceptors (Lipinski definition) is 6. The van der Waals surface area contributed by atoms with Gasteiger partial charge in [-0.2, -0.15) is 0 Å². The number of benzene rings is 7. The molecule has 0 fully saturated rings. The van der Waals surface area contributed by atoms with Crippen LogP contribution in [0, 0.1) is 13.8 Å². The summed E-state index contributed by atoms with van der Waals surface area (Å²) in [4.78, 5) is 30.3. The number of rotatable bonds is 6. The minimum Gasteiger partial charge on any atom is -0.208 e. The molecule has 9 aromatic rings. The van der Waals surface area contributed by atoms with Crippen molar-refractivity contribution in [3.63, 3.8) is 0 Å². The average molecular weight is 801 g/mol. The second-order valence-corrected chi connectivity index (χ2v) is 17.6. The van der Waals surface area contributed by atoms with Crippen LogP contribution in [0.4, 0.5) is 0 Å². The first-order valence-corrected chi connectivity index (χ1v) is 21.3. The Morgan fingerprint density at radius 3 is 0.839 bits per heavy atom. The minimum atomic E-state index is -0.313. The molecule has 2 aliphatic rings. The van der Waals surface area contributed by atoms with E-state index in [0.717, 1.165) is 33.4 Å². The van der Waals surface area contributed by atoms with E-state index in [0.29, 0.717) is 34.9 Å². The van der Waals surface area contributed by atoms with Crippen molar-refractivity contribution in [2.45, 2.75) is 52.4 Å². The van der Waals surface area contributed by atoms with Gasteiger partial charge in [-0.3, -0.25) is 0 Å². The number of fused-ring (bicyclic) bond motifs is 7. The molecular weight excluding hydrogens is 757 g/mol. The molecule has 0 unspecified atom stereocenters. The van der Waals surface area contributed by atoms with Crippen molar-refractivity contribution in [3.05, 3.63) is 191 Å². The zero-order valence-corrected chi connectivity index (χ0v) is 35.7. The smallest absolute Gasteiger partial charge is 0.164 e. The molecule has 2 aliphatic carbocycles. The predicted octanol–water partition coefficient (Wildman–Crippen LogP) is 13.3. The summed E-state index contributed by atoms with van der Waals surface area (Å²) in [5, 5.41) is 0. The molecule has 2 heterocycles. The largest absolute Gasteiger partial charge is 0.208 e. The van der Waals surface area contributed by atoms with E-state index in [1.54, 1.807) is 0 Å². The van der Waals surface area contributed by atoms with Crippen molar-refractivity contribution >= 4 is 0 Å². The first-order chi connectivity index (χ1) is 30.1. The van der Waals surface area contributed by atoms with Gasteiger partial charge >= 0.3 is 0 Å². The maximum atomic E-state index is 5.10. The number of nitrogens with zero attached hydrogens (tertiary/aromatic N) is 6. The van der Waals surface area contributed by atoms with Gasteiger partial charge in [-0.25, -0.2) is 29.9 Å². The van der Waals surface area contributed by atoms with Crippen LogP contribution in [0.5, 0.6) is 0 Å². The van der Waals surface area contributed by atoms with Gasteiger partial charge in [0.1, 0.15) is 0 Å². The Bertz CT molecular complexity index is 2900. The third-order valence-corrected chi connectivity index (χ3v) is 13.2. The van der Waals surface area contributed by atoms with Gasteiger partial charge in [0.15, 0.2) is 34.9 Å². The summed E-state index contributed by atoms with van der Waals surface area (Å²) < 4.78 is 0. The van der Waals surface area contributed by atoms with Crippen LogP contribution in [0.15, 0.2) is 158 Å². The molecule has 0 bridgehead atoms. The molecule has 0 amide bonds. The zero-order valence-electron chi connectivity index (χ0n) is 35.7. The van der Waals surface area contributed by atoms with E-state index < -0.39 is 0 Å². The van der Waals surface area contributed by atoms with Crippen molar-refractivity contribution in [2.24, 2.45) is 0 Å². The molecule has 2 aromatic heterocycles. The molecule has 0 spiro atoms. The van der Waals surface area contributed by atoms with Gasteiger partial charge in [0.2, 0.25) is 0 Å². The van der Waals surface area contributed by atoms with E-state index in [-0.39, 0.29) is 10.8 Å². The molecule has 298 valence electrons. The van der Waals surface area contributed by atoms with Crippen LogP contribution >= 0.6 is 0 Å². The Balaban J connectivity index is 1.04. The van der Waals surface area contributed by atoms with Gasteiger partial charge in [-0.05, 0) is 81.6 Å². The number of aromatic nitrogens is 6. The van der Waals surface area contributed by atoms with Crippen molar-refractivity contribution in [3.8, 4) is 90.6 Å². The summed E-state index contributed by atoms with van der Waals surface area (Å²) in [6.07, 6.45) is 0. The van der Waals surface area contributed by atoms with Crippen molar-refractivity contribution in [1.29, 1.82) is 0 Å². The fourth-order valence-corrected chi connectivity index (χ4v) is 9.90. The highest BCUT2D eigenvalue weighted by molar-refractivity contribution is 5.96. The fourth-order valence-electron chi connectivity index (χ4n) is 9.90. The second-order valence-electron chi connectivity index (χ2n) is 17.6. The molecule has 0 atom stereocenters. The lowest BCUT2D eigenvalue weighted by Crippen LogP contribution is -2.24. The van der Waals surface area contributed by atoms with Crippen LogP contribution < -0.4 is 0 Å². The Labute approximate surface area is 362 Å². The summed E-state index contributed by atoms with van der Waals surface area (Å²) in [5.74, 6) is 3.95. The quantitative estimate of drug-likeness (QED) is 0.167. The van der Waals surface area contributed by atoms with Gasteiger partial charge in [-0.1, -0.05) is 173 Å². The van der Waals surface area contributed by atoms with Crippen LogP contribution in [-0.4, -0.2) is 29.9 Å². The lowest BCUT2D eigenvalue weighted by atomic mass is 9.71. The SMILES string of the molecule is Cc1c(C)c2c(c3c1-c1ccc(-c4nc(-c5ccccc5)nc(-c5ccccc5)n4)cc1C3(C)C)C(C)(C)c1cc(-c3nc(-c4ccccc4)nc(-c4ccccc4)n3)ccc1-2. The highest BCUT2D eigenvalue weighted by atomic mass is 15.0. The number of hydrogen-bond donors (Lipinski definition) is 0. The Morgan fingerprint density at radius 1 is 0.306 bits per heavy atom. The molecule has 0 saturated carbocycles. The van der Waals surface area contributed by atoms with E-state index in [1.165, 1.54) is 55.6 Å². The lowest BCUT2D eigenvalue weighted by Gasteiger charge is -2.32. The molecule has 0 aliphatic heterocycles. The Morgan fingerprint density at radius 2 is 0.565 bits per heavy atom. The lowest BCUT2D eigenvalue weighted by molar-refractivity contribution is 0.600. The van der Waals surface area contributed by atoms with Gasteiger partial charge in [0, 0.05) is 44.2 Å². The summed E-state index contributed by atoms with van der Waals surface area (Å²) in [6, 6.07) is 54.3. The van der Waals surface area contributed by atoms with Crippen LogP contribution in [0.2, 0.25) is 0 Å². The molecule has 6 heteroatoms. The summed E-state index contributed by atoms with van der Waals surface area (Å²) in [7, 11) is 0. The Hall–Kier alpha value is -7.44. The van der Waals surface area contributed by atoms with E-state index in [1.807, 2.05) is 72.8 Å². The monoisotopic (exact) mass is 800 g/mol. The first-order valence-electron chi connectivity index (χ1n) is 21.3. The van der Waals surface area contributed by atoms with E-state index in [2.05, 4.69) is 126 Å². The van der Waals surface area contributed by atoms with Crippen LogP contribution in [-0.2, 0) is 10.8 Å². The fraction of sp³-hybridized carbons (Fsp3) is 0.143. The van der Waals surface area contributed by atoms with Gasteiger partial charge < -0.3 is 0 Å². The van der Waals surface area contributed by atoms with E-state index in [9.17, 15) is 0 Å². The maximum Gasteiger partial charge on any atom is 0.164 e. The standard InChI is InChI=1S/C56H44N6/c1-33-34(2)46-42-30-28-40(54-61-51(37-23-15-9-16-24-37)58-52(62-54)38-25-17-10-18-26-38)32-44(42)56(5,6)48(46)47-45(33)41-29-27-39(31-43(41)55(47,3)4)53-59-49(35-19-11-7-12-20-35)57-50(60-53)36-21-13-8-14-22-36/h7-32H,1-6H3. The van der Waals surface area contributed by atoms with Crippen molar-refractivity contribution < 1.29 is 0 Å². The average Bonchev–Trinajstić information content (AvgIpc) is 3.70. The third-order valence-electron chi connectivity index (χ3n) is 13.2. The molecular formula is C56H44N6. The predicted molar refractivity (Wildman–Crippen MR) is 250 cm³/mol. The minimum absolute atomic E-state index is 0.313. The van der Waals surface area contributed by atoms with Crippen LogP contribution in [0.3, 0.4) is 0 Å². The molecule has 6 nitrogen and oxygen atoms in total. The zero-order chi connectivity index (χ0) is 42.3. The Kier molecular flexibility index (Phi) is 8.52. The van der Waals surface area contributed by atoms with Crippen LogP contribution in [0.25, 0.3) is 90.6 Å². The van der Waals surface area contributed by atoms with Crippen molar-refractivity contribution in [2.75, 3.05) is 0 Å². The molecule has 11 rings (SSSR count). The normalized spacial score (nSPS) is 13.9. The molecule has 0 N–H and O–H groups in total. The molecule has 7 aromatic carbocycles. The van der Waals surface area contributed by atoms with E-state index in [4.69, 9.17) is 29.9 Å². The second kappa shape index (κ2) is 14.1. The summed E-state index contributed by atoms with van der Waals surface area (Å²) in [5.41, 5.74) is 18.4. The molecule has 0 saturated heterocycles. The highest BCUT2D eigenvalue weighted by Crippen LogP contribution is 2.61. The molecule has 62 heavy (non-hydrogen) atoms. The summed E-state index contributed by atoms with van der Waals surface area (Å²) in [6.45, 7) is 14.2. The van der Waals surface area contributed by atoms with Crippen molar-refractivity contribution in [1.82, 2.24) is 29.9 Å². The molecule has 0 radical (unpaired) electrons. The summed E-state index contributed by atoms with van der Waals surface area (Å²) >= 11 is 0. The van der Waals surface area contributed by atoms with Crippen LogP contribution in [0.1, 0.15) is 61.1 Å². The maximum absolute atomic E-state index is 5.10. The van der Waals surface area contributed by atoms with E-state index >= 15 is 0 Å². The third kappa shape index (κ3) is 5.85. The highest BCUT2D eigenvalue weighted by Gasteiger charge is 2.47. The van der Waals surface area contributed by atoms with Gasteiger partial charge in [0.05, 0.1) is 0 Å². The van der Waals surface area contributed by atoms with Gasteiger partial charge in [-0.15, -0.1) is 0 Å². The van der Waals surface area contributed by atoms with Gasteiger partial charge in [0.25, 0.3) is 0 Å².